The lowest BCUT2D eigenvalue weighted by atomic mass is 9.95. The average Bonchev–Trinajstić information content (AvgIpc) is 2.34. The van der Waals surface area contributed by atoms with Crippen molar-refractivity contribution in [2.24, 2.45) is 5.73 Å². The summed E-state index contributed by atoms with van der Waals surface area (Å²) >= 11 is 0. The van der Waals surface area contributed by atoms with Crippen LogP contribution in [0.3, 0.4) is 0 Å². The average molecular weight is 335 g/mol. The zero-order chi connectivity index (χ0) is 15.6. The third-order valence-electron chi connectivity index (χ3n) is 3.97. The number of hydrogen-bond donors (Lipinski definition) is 2. The lowest BCUT2D eigenvalue weighted by molar-refractivity contribution is 0.363. The molecular formula is C15H27ClN2O2S. The second-order valence-corrected chi connectivity index (χ2v) is 7.14. The van der Waals surface area contributed by atoms with E-state index in [-0.39, 0.29) is 12.4 Å². The zero-order valence-corrected chi connectivity index (χ0v) is 15.1. The summed E-state index contributed by atoms with van der Waals surface area (Å²) < 4.78 is 28.2. The normalized spacial score (nSPS) is 12.1. The molecule has 6 heteroatoms. The topological polar surface area (TPSA) is 72.2 Å². The first-order valence-electron chi connectivity index (χ1n) is 7.03. The Morgan fingerprint density at radius 1 is 1.10 bits per heavy atom. The maximum absolute atomic E-state index is 12.7. The van der Waals surface area contributed by atoms with E-state index in [9.17, 15) is 8.42 Å². The van der Waals surface area contributed by atoms with Gasteiger partial charge in [-0.05, 0) is 44.7 Å². The number of sulfonamides is 1. The highest BCUT2D eigenvalue weighted by atomic mass is 35.5. The van der Waals surface area contributed by atoms with Crippen LogP contribution in [0, 0.1) is 20.8 Å². The summed E-state index contributed by atoms with van der Waals surface area (Å²) in [6, 6.07) is 3.78. The summed E-state index contributed by atoms with van der Waals surface area (Å²) in [5.74, 6) is 0. The van der Waals surface area contributed by atoms with Gasteiger partial charge in [-0.3, -0.25) is 0 Å². The Labute approximate surface area is 135 Å². The molecule has 0 radical (unpaired) electrons. The molecule has 3 N–H and O–H groups in total. The predicted molar refractivity (Wildman–Crippen MR) is 90.6 cm³/mol. The van der Waals surface area contributed by atoms with E-state index in [2.05, 4.69) is 4.72 Å². The second kappa shape index (κ2) is 7.58. The number of halogens is 1. The van der Waals surface area contributed by atoms with Crippen LogP contribution in [-0.4, -0.2) is 20.5 Å². The summed E-state index contributed by atoms with van der Waals surface area (Å²) in [6.07, 6.45) is 1.34. The van der Waals surface area contributed by atoms with Crippen LogP contribution in [0.15, 0.2) is 17.0 Å². The van der Waals surface area contributed by atoms with Gasteiger partial charge in [-0.1, -0.05) is 31.5 Å². The van der Waals surface area contributed by atoms with Crippen LogP contribution >= 0.6 is 12.4 Å². The second-order valence-electron chi connectivity index (χ2n) is 5.52. The van der Waals surface area contributed by atoms with Crippen molar-refractivity contribution < 1.29 is 8.42 Å². The lowest BCUT2D eigenvalue weighted by Gasteiger charge is -2.31. The molecule has 21 heavy (non-hydrogen) atoms. The van der Waals surface area contributed by atoms with Gasteiger partial charge in [-0.25, -0.2) is 13.1 Å². The highest BCUT2D eigenvalue weighted by Gasteiger charge is 2.32. The Hall–Kier alpha value is -0.620. The van der Waals surface area contributed by atoms with Crippen molar-refractivity contribution in [1.29, 1.82) is 0 Å². The van der Waals surface area contributed by atoms with E-state index in [1.807, 2.05) is 46.8 Å². The molecule has 0 aliphatic rings. The monoisotopic (exact) mass is 334 g/mol. The predicted octanol–water partition coefficient (Wildman–Crippen LogP) is 2.83. The minimum absolute atomic E-state index is 0. The summed E-state index contributed by atoms with van der Waals surface area (Å²) in [5.41, 5.74) is 7.83. The Bertz CT molecular complexity index is 550. The van der Waals surface area contributed by atoms with Crippen molar-refractivity contribution >= 4 is 22.4 Å². The number of hydrogen-bond acceptors (Lipinski definition) is 3. The smallest absolute Gasteiger partial charge is 0.241 e. The molecule has 0 amide bonds. The fourth-order valence-electron chi connectivity index (χ4n) is 2.65. The van der Waals surface area contributed by atoms with Gasteiger partial charge >= 0.3 is 0 Å². The molecule has 0 saturated heterocycles. The van der Waals surface area contributed by atoms with Gasteiger partial charge in [0.25, 0.3) is 0 Å². The molecule has 0 fully saturated rings. The molecular weight excluding hydrogens is 308 g/mol. The van der Waals surface area contributed by atoms with E-state index in [4.69, 9.17) is 5.73 Å². The van der Waals surface area contributed by atoms with Crippen LogP contribution in [-0.2, 0) is 10.0 Å². The minimum Gasteiger partial charge on any atom is -0.329 e. The zero-order valence-electron chi connectivity index (χ0n) is 13.5. The molecule has 0 unspecified atom stereocenters. The fraction of sp³-hybridized carbons (Fsp3) is 0.600. The van der Waals surface area contributed by atoms with Crippen molar-refractivity contribution in [3.8, 4) is 0 Å². The van der Waals surface area contributed by atoms with Crippen LogP contribution in [0.2, 0.25) is 0 Å². The first-order chi connectivity index (χ1) is 9.21. The third-order valence-corrected chi connectivity index (χ3v) is 5.85. The van der Waals surface area contributed by atoms with Crippen molar-refractivity contribution in [2.75, 3.05) is 6.54 Å². The molecule has 4 nitrogen and oxygen atoms in total. The van der Waals surface area contributed by atoms with Gasteiger partial charge in [-0.15, -0.1) is 12.4 Å². The van der Waals surface area contributed by atoms with Crippen molar-refractivity contribution in [3.05, 3.63) is 28.8 Å². The van der Waals surface area contributed by atoms with Gasteiger partial charge in [0.1, 0.15) is 0 Å². The molecule has 0 heterocycles. The van der Waals surface area contributed by atoms with Gasteiger partial charge in [-0.2, -0.15) is 0 Å². The quantitative estimate of drug-likeness (QED) is 0.840. The summed E-state index contributed by atoms with van der Waals surface area (Å²) in [4.78, 5) is 0.378. The highest BCUT2D eigenvalue weighted by molar-refractivity contribution is 7.89. The molecule has 1 aromatic carbocycles. The van der Waals surface area contributed by atoms with Crippen molar-refractivity contribution in [2.45, 2.75) is 57.9 Å². The van der Waals surface area contributed by atoms with Crippen LogP contribution in [0.4, 0.5) is 0 Å². The molecule has 0 atom stereocenters. The van der Waals surface area contributed by atoms with Crippen molar-refractivity contribution in [3.63, 3.8) is 0 Å². The number of nitrogens with one attached hydrogen (secondary N) is 1. The SMILES string of the molecule is CCC(CC)(CN)NS(=O)(=O)c1c(C)cc(C)cc1C.Cl. The molecule has 1 aromatic rings. The first-order valence-corrected chi connectivity index (χ1v) is 8.51. The number of nitrogens with two attached hydrogens (primary N) is 1. The van der Waals surface area contributed by atoms with Crippen LogP contribution < -0.4 is 10.5 Å². The maximum atomic E-state index is 12.7. The summed E-state index contributed by atoms with van der Waals surface area (Å²) in [6.45, 7) is 9.82. The summed E-state index contributed by atoms with van der Waals surface area (Å²) in [7, 11) is -3.56. The van der Waals surface area contributed by atoms with Gasteiger partial charge in [0.15, 0.2) is 0 Å². The van der Waals surface area contributed by atoms with Gasteiger partial charge < -0.3 is 5.73 Å². The Morgan fingerprint density at radius 3 is 1.86 bits per heavy atom. The highest BCUT2D eigenvalue weighted by Crippen LogP contribution is 2.24. The van der Waals surface area contributed by atoms with Gasteiger partial charge in [0, 0.05) is 12.1 Å². The number of benzene rings is 1. The lowest BCUT2D eigenvalue weighted by Crippen LogP contribution is -2.52. The van der Waals surface area contributed by atoms with E-state index in [1.165, 1.54) is 0 Å². The van der Waals surface area contributed by atoms with Crippen LogP contribution in [0.25, 0.3) is 0 Å². The van der Waals surface area contributed by atoms with E-state index in [1.54, 1.807) is 0 Å². The van der Waals surface area contributed by atoms with E-state index in [0.717, 1.165) is 16.7 Å². The molecule has 0 bridgehead atoms. The first kappa shape index (κ1) is 20.4. The van der Waals surface area contributed by atoms with Crippen LogP contribution in [0.5, 0.6) is 0 Å². The van der Waals surface area contributed by atoms with Gasteiger partial charge in [0.2, 0.25) is 10.0 Å². The van der Waals surface area contributed by atoms with Crippen molar-refractivity contribution in [1.82, 2.24) is 4.72 Å². The minimum atomic E-state index is -3.56. The molecule has 0 spiro atoms. The molecule has 0 aliphatic carbocycles. The molecule has 0 saturated carbocycles. The maximum Gasteiger partial charge on any atom is 0.241 e. The number of aryl methyl sites for hydroxylation is 3. The molecule has 1 rings (SSSR count). The largest absolute Gasteiger partial charge is 0.329 e. The van der Waals surface area contributed by atoms with Crippen LogP contribution in [0.1, 0.15) is 43.4 Å². The Kier molecular flexibility index (Phi) is 7.36. The fourth-order valence-corrected chi connectivity index (χ4v) is 4.66. The molecule has 0 aliphatic heterocycles. The van der Waals surface area contributed by atoms with E-state index < -0.39 is 15.6 Å². The Balaban J connectivity index is 0.00000400. The third kappa shape index (κ3) is 4.42. The number of rotatable bonds is 6. The van der Waals surface area contributed by atoms with E-state index in [0.29, 0.717) is 24.3 Å². The standard InChI is InChI=1S/C15H26N2O2S.ClH/c1-6-15(7-2,10-16)17-20(18,19)14-12(4)8-11(3)9-13(14)5;/h8-9,17H,6-7,10,16H2,1-5H3;1H. The van der Waals surface area contributed by atoms with Gasteiger partial charge in [0.05, 0.1) is 4.90 Å². The summed E-state index contributed by atoms with van der Waals surface area (Å²) in [5, 5.41) is 0. The Morgan fingerprint density at radius 2 is 1.52 bits per heavy atom. The van der Waals surface area contributed by atoms with E-state index >= 15 is 0 Å². The molecule has 0 aromatic heterocycles. The molecule has 122 valence electrons.